The van der Waals surface area contributed by atoms with Crippen molar-refractivity contribution in [3.63, 3.8) is 0 Å². The highest BCUT2D eigenvalue weighted by Crippen LogP contribution is 2.17. The van der Waals surface area contributed by atoms with Crippen molar-refractivity contribution >= 4 is 18.1 Å². The molecule has 3 N–H and O–H groups in total. The Morgan fingerprint density at radius 1 is 1.32 bits per heavy atom. The Hall–Kier alpha value is -2.05. The van der Waals surface area contributed by atoms with E-state index in [4.69, 9.17) is 18.0 Å². The molecule has 1 heterocycles. The largest absolute Gasteiger partial charge is 0.365 e. The van der Waals surface area contributed by atoms with Gasteiger partial charge in [-0.15, -0.1) is 0 Å². The molecule has 0 saturated heterocycles. The van der Waals surface area contributed by atoms with Gasteiger partial charge in [0.05, 0.1) is 11.6 Å². The van der Waals surface area contributed by atoms with Gasteiger partial charge >= 0.3 is 0 Å². The van der Waals surface area contributed by atoms with Crippen LogP contribution in [0.3, 0.4) is 0 Å². The van der Waals surface area contributed by atoms with E-state index in [1.807, 2.05) is 36.6 Å². The molecule has 3 rings (SSSR count). The van der Waals surface area contributed by atoms with Gasteiger partial charge in [0.25, 0.3) is 5.91 Å². The van der Waals surface area contributed by atoms with Crippen LogP contribution in [0, 0.1) is 24.3 Å². The van der Waals surface area contributed by atoms with Gasteiger partial charge in [-0.3, -0.25) is 9.36 Å². The van der Waals surface area contributed by atoms with Crippen LogP contribution in [0.25, 0.3) is 0 Å². The first-order chi connectivity index (χ1) is 11.9. The van der Waals surface area contributed by atoms with Crippen LogP contribution in [0.5, 0.6) is 0 Å². The van der Waals surface area contributed by atoms with E-state index in [-0.39, 0.29) is 5.82 Å². The molecule has 0 bridgehead atoms. The lowest BCUT2D eigenvalue weighted by Gasteiger charge is -2.23. The number of rotatable bonds is 6. The zero-order chi connectivity index (χ0) is 18.1. The fourth-order valence-corrected chi connectivity index (χ4v) is 3.78. The Bertz CT molecular complexity index is 856. The lowest BCUT2D eigenvalue weighted by Crippen LogP contribution is -3.11. The number of pyridine rings is 1. The van der Waals surface area contributed by atoms with E-state index in [1.165, 1.54) is 29.9 Å². The van der Waals surface area contributed by atoms with Gasteiger partial charge in [-0.05, 0) is 37.6 Å². The van der Waals surface area contributed by atoms with Gasteiger partial charge in [0, 0.05) is 24.1 Å². The summed E-state index contributed by atoms with van der Waals surface area (Å²) in [6, 6.07) is 9.17. The molecule has 0 spiro atoms. The van der Waals surface area contributed by atoms with E-state index in [2.05, 4.69) is 0 Å². The van der Waals surface area contributed by atoms with E-state index >= 15 is 0 Å². The van der Waals surface area contributed by atoms with Gasteiger partial charge in [0.15, 0.2) is 6.67 Å². The number of primary amides is 1. The Balaban J connectivity index is 1.90. The first-order valence-electron chi connectivity index (χ1n) is 8.46. The molecule has 1 saturated carbocycles. The molecule has 132 valence electrons. The van der Waals surface area contributed by atoms with Crippen LogP contribution in [-0.2, 0) is 13.2 Å². The average molecular weight is 360 g/mol. The molecule has 0 aliphatic heterocycles. The number of carbonyl (C=O) groups excluding carboxylic acids is 1. The Morgan fingerprint density at radius 3 is 2.52 bits per heavy atom. The number of nitrogens with two attached hydrogens (primary N) is 1. The molecule has 1 aromatic carbocycles. The van der Waals surface area contributed by atoms with Gasteiger partial charge in [0.1, 0.15) is 17.0 Å². The standard InChI is InChI=1S/C19H22FN3OS/c1-12-9-13(2)23(19(25)17(12)18(21)24)11-22(16-7-8-16)10-14-3-5-15(20)6-4-14/h3-6,9,16H,7-8,10-11H2,1-2H3,(H2,21,24)/p+1. The molecular weight excluding hydrogens is 337 g/mol. The molecule has 4 nitrogen and oxygen atoms in total. The predicted octanol–water partition coefficient (Wildman–Crippen LogP) is 2.28. The second-order valence-electron chi connectivity index (χ2n) is 6.84. The maximum atomic E-state index is 13.1. The minimum atomic E-state index is -0.484. The SMILES string of the molecule is Cc1cc(C)n(C[NH+](Cc2ccc(F)cc2)C2CC2)c(=S)c1C(N)=O. The number of aryl methyl sites for hydroxylation is 2. The van der Waals surface area contributed by atoms with Crippen molar-refractivity contribution in [2.24, 2.45) is 5.73 Å². The van der Waals surface area contributed by atoms with E-state index in [0.29, 0.717) is 22.9 Å². The minimum absolute atomic E-state index is 0.223. The number of benzene rings is 1. The third kappa shape index (κ3) is 3.96. The number of halogens is 1. The van der Waals surface area contributed by atoms with Crippen molar-refractivity contribution in [2.75, 3.05) is 0 Å². The van der Waals surface area contributed by atoms with Crippen molar-refractivity contribution in [1.29, 1.82) is 0 Å². The number of amides is 1. The summed E-state index contributed by atoms with van der Waals surface area (Å²) in [7, 11) is 0. The number of hydrogen-bond donors (Lipinski definition) is 2. The third-order valence-corrected chi connectivity index (χ3v) is 5.24. The molecule has 1 fully saturated rings. The van der Waals surface area contributed by atoms with Crippen molar-refractivity contribution in [3.8, 4) is 0 Å². The highest BCUT2D eigenvalue weighted by atomic mass is 32.1. The number of nitrogens with zero attached hydrogens (tertiary/aromatic N) is 1. The van der Waals surface area contributed by atoms with Crippen LogP contribution in [0.4, 0.5) is 4.39 Å². The number of carbonyl (C=O) groups is 1. The number of quaternary nitrogens is 1. The minimum Gasteiger partial charge on any atom is -0.365 e. The van der Waals surface area contributed by atoms with Gasteiger partial charge in [-0.25, -0.2) is 4.39 Å². The van der Waals surface area contributed by atoms with Crippen molar-refractivity contribution in [1.82, 2.24) is 4.57 Å². The molecule has 1 atom stereocenters. The Kier molecular flexibility index (Phi) is 5.01. The molecule has 1 unspecified atom stereocenters. The predicted molar refractivity (Wildman–Crippen MR) is 97.3 cm³/mol. The second-order valence-corrected chi connectivity index (χ2v) is 7.22. The van der Waals surface area contributed by atoms with Gasteiger partial charge in [-0.2, -0.15) is 0 Å². The molecule has 1 aliphatic rings. The fraction of sp³-hybridized carbons (Fsp3) is 0.368. The lowest BCUT2D eigenvalue weighted by atomic mass is 10.1. The van der Waals surface area contributed by atoms with Gasteiger partial charge in [-0.1, -0.05) is 24.4 Å². The van der Waals surface area contributed by atoms with Gasteiger partial charge < -0.3 is 10.6 Å². The number of nitrogens with one attached hydrogen (secondary N) is 1. The molecule has 6 heteroatoms. The van der Waals surface area contributed by atoms with E-state index in [9.17, 15) is 9.18 Å². The zero-order valence-corrected chi connectivity index (χ0v) is 15.3. The fourth-order valence-electron chi connectivity index (χ4n) is 3.31. The lowest BCUT2D eigenvalue weighted by molar-refractivity contribution is -0.947. The summed E-state index contributed by atoms with van der Waals surface area (Å²) >= 11 is 5.55. The quantitative estimate of drug-likeness (QED) is 0.777. The van der Waals surface area contributed by atoms with Crippen LogP contribution in [-0.4, -0.2) is 16.5 Å². The topological polar surface area (TPSA) is 52.5 Å². The van der Waals surface area contributed by atoms with E-state index in [0.717, 1.165) is 23.4 Å². The zero-order valence-electron chi connectivity index (χ0n) is 14.5. The molecule has 1 aliphatic carbocycles. The monoisotopic (exact) mass is 360 g/mol. The Labute approximate surface area is 152 Å². The molecule has 25 heavy (non-hydrogen) atoms. The summed E-state index contributed by atoms with van der Waals surface area (Å²) in [5.74, 6) is -0.706. The number of hydrogen-bond acceptors (Lipinski definition) is 2. The second kappa shape index (κ2) is 7.06. The summed E-state index contributed by atoms with van der Waals surface area (Å²) in [4.78, 5) is 13.1. The smallest absolute Gasteiger partial charge is 0.251 e. The average Bonchev–Trinajstić information content (AvgIpc) is 3.36. The normalized spacial score (nSPS) is 15.2. The molecular formula is C19H23FN3OS+. The summed E-state index contributed by atoms with van der Waals surface area (Å²) in [5.41, 5.74) is 8.87. The van der Waals surface area contributed by atoms with Crippen molar-refractivity contribution in [3.05, 3.63) is 63.2 Å². The first-order valence-corrected chi connectivity index (χ1v) is 8.87. The molecule has 1 amide bonds. The molecule has 0 radical (unpaired) electrons. The van der Waals surface area contributed by atoms with Crippen molar-refractivity contribution < 1.29 is 14.1 Å². The van der Waals surface area contributed by atoms with E-state index < -0.39 is 5.91 Å². The summed E-state index contributed by atoms with van der Waals surface area (Å²) in [5, 5.41) is 0. The van der Waals surface area contributed by atoms with E-state index in [1.54, 1.807) is 0 Å². The molecule has 2 aromatic rings. The van der Waals surface area contributed by atoms with Crippen LogP contribution in [0.1, 0.15) is 40.0 Å². The van der Waals surface area contributed by atoms with Crippen LogP contribution in [0.2, 0.25) is 0 Å². The number of aromatic nitrogens is 1. The van der Waals surface area contributed by atoms with Gasteiger partial charge in [0.2, 0.25) is 0 Å². The van der Waals surface area contributed by atoms with Crippen LogP contribution >= 0.6 is 12.2 Å². The highest BCUT2D eigenvalue weighted by molar-refractivity contribution is 7.71. The summed E-state index contributed by atoms with van der Waals surface area (Å²) in [6.07, 6.45) is 2.36. The molecule has 1 aromatic heterocycles. The summed E-state index contributed by atoms with van der Waals surface area (Å²) < 4.78 is 15.6. The van der Waals surface area contributed by atoms with Crippen LogP contribution in [0.15, 0.2) is 30.3 Å². The third-order valence-electron chi connectivity index (χ3n) is 4.81. The maximum absolute atomic E-state index is 13.1. The summed E-state index contributed by atoms with van der Waals surface area (Å²) in [6.45, 7) is 5.33. The maximum Gasteiger partial charge on any atom is 0.251 e. The Morgan fingerprint density at radius 2 is 1.96 bits per heavy atom. The highest BCUT2D eigenvalue weighted by Gasteiger charge is 2.34. The first kappa shape index (κ1) is 17.8. The van der Waals surface area contributed by atoms with Crippen LogP contribution < -0.4 is 10.6 Å². The van der Waals surface area contributed by atoms with Crippen molar-refractivity contribution in [2.45, 2.75) is 45.9 Å².